The van der Waals surface area contributed by atoms with Gasteiger partial charge in [0.1, 0.15) is 0 Å². The van der Waals surface area contributed by atoms with Crippen molar-refractivity contribution >= 4 is 0 Å². The molecule has 0 atom stereocenters. The molecule has 0 spiro atoms. The predicted molar refractivity (Wildman–Crippen MR) is 69.6 cm³/mol. The highest BCUT2D eigenvalue weighted by molar-refractivity contribution is 5.14. The van der Waals surface area contributed by atoms with E-state index in [4.69, 9.17) is 0 Å². The zero-order valence-electron chi connectivity index (χ0n) is 10.1. The van der Waals surface area contributed by atoms with E-state index in [0.29, 0.717) is 0 Å². The number of aryl methyl sites for hydroxylation is 1. The SMILES string of the molecule is c1ccc(CCCNCCC2CCC2)cc1. The Labute approximate surface area is 99.3 Å². The van der Waals surface area contributed by atoms with Crippen LogP contribution in [0.4, 0.5) is 0 Å². The van der Waals surface area contributed by atoms with E-state index in [9.17, 15) is 0 Å². The Morgan fingerprint density at radius 1 is 1.06 bits per heavy atom. The Morgan fingerprint density at radius 2 is 1.88 bits per heavy atom. The fraction of sp³-hybridized carbons (Fsp3) is 0.600. The van der Waals surface area contributed by atoms with Crippen LogP contribution >= 0.6 is 0 Å². The summed E-state index contributed by atoms with van der Waals surface area (Å²) in [4.78, 5) is 0. The van der Waals surface area contributed by atoms with Crippen molar-refractivity contribution in [3.05, 3.63) is 35.9 Å². The Hall–Kier alpha value is -0.820. The van der Waals surface area contributed by atoms with Gasteiger partial charge in [-0.3, -0.25) is 0 Å². The molecule has 1 aromatic rings. The molecule has 16 heavy (non-hydrogen) atoms. The summed E-state index contributed by atoms with van der Waals surface area (Å²) in [5.41, 5.74) is 1.46. The zero-order valence-corrected chi connectivity index (χ0v) is 10.1. The van der Waals surface area contributed by atoms with Crippen LogP contribution in [0.5, 0.6) is 0 Å². The molecule has 1 N–H and O–H groups in total. The Morgan fingerprint density at radius 3 is 2.56 bits per heavy atom. The van der Waals surface area contributed by atoms with Crippen LogP contribution in [0.1, 0.15) is 37.7 Å². The third kappa shape index (κ3) is 3.97. The van der Waals surface area contributed by atoms with Gasteiger partial charge < -0.3 is 5.32 Å². The molecule has 0 radical (unpaired) electrons. The zero-order chi connectivity index (χ0) is 11.1. The highest BCUT2D eigenvalue weighted by Gasteiger charge is 2.15. The van der Waals surface area contributed by atoms with Crippen LogP contribution in [0.3, 0.4) is 0 Å². The van der Waals surface area contributed by atoms with Crippen LogP contribution in [0.25, 0.3) is 0 Å². The normalized spacial score (nSPS) is 16.0. The molecule has 0 heterocycles. The van der Waals surface area contributed by atoms with Crippen molar-refractivity contribution < 1.29 is 0 Å². The van der Waals surface area contributed by atoms with Gasteiger partial charge in [0.05, 0.1) is 0 Å². The lowest BCUT2D eigenvalue weighted by molar-refractivity contribution is 0.292. The second kappa shape index (κ2) is 6.70. The third-order valence-corrected chi connectivity index (χ3v) is 3.62. The molecule has 0 bridgehead atoms. The number of hydrogen-bond acceptors (Lipinski definition) is 1. The molecule has 0 aromatic heterocycles. The summed E-state index contributed by atoms with van der Waals surface area (Å²) in [5, 5.41) is 3.55. The largest absolute Gasteiger partial charge is 0.317 e. The van der Waals surface area contributed by atoms with Crippen LogP contribution in [-0.2, 0) is 6.42 Å². The Balaban J connectivity index is 1.45. The maximum Gasteiger partial charge on any atom is -0.00457 e. The highest BCUT2D eigenvalue weighted by Crippen LogP contribution is 2.28. The average Bonchev–Trinajstić information content (AvgIpc) is 2.27. The number of hydrogen-bond donors (Lipinski definition) is 1. The molecule has 1 heteroatoms. The van der Waals surface area contributed by atoms with Gasteiger partial charge in [0.15, 0.2) is 0 Å². The van der Waals surface area contributed by atoms with Gasteiger partial charge in [-0.2, -0.15) is 0 Å². The van der Waals surface area contributed by atoms with Crippen molar-refractivity contribution in [2.75, 3.05) is 13.1 Å². The van der Waals surface area contributed by atoms with Gasteiger partial charge in [0.2, 0.25) is 0 Å². The number of benzene rings is 1. The number of nitrogens with one attached hydrogen (secondary N) is 1. The van der Waals surface area contributed by atoms with Crippen molar-refractivity contribution in [2.24, 2.45) is 5.92 Å². The second-order valence-corrected chi connectivity index (χ2v) is 4.92. The van der Waals surface area contributed by atoms with Crippen LogP contribution in [0.2, 0.25) is 0 Å². The Bertz CT molecular complexity index is 277. The highest BCUT2D eigenvalue weighted by atomic mass is 14.8. The van der Waals surface area contributed by atoms with Crippen LogP contribution in [0.15, 0.2) is 30.3 Å². The van der Waals surface area contributed by atoms with E-state index >= 15 is 0 Å². The van der Waals surface area contributed by atoms with Gasteiger partial charge in [-0.05, 0) is 43.8 Å². The average molecular weight is 217 g/mol. The van der Waals surface area contributed by atoms with Gasteiger partial charge >= 0.3 is 0 Å². The fourth-order valence-corrected chi connectivity index (χ4v) is 2.27. The smallest absolute Gasteiger partial charge is 0.00457 e. The Kier molecular flexibility index (Phi) is 4.88. The van der Waals surface area contributed by atoms with Gasteiger partial charge in [0, 0.05) is 0 Å². The first kappa shape index (κ1) is 11.7. The van der Waals surface area contributed by atoms with Crippen LogP contribution < -0.4 is 5.32 Å². The standard InChI is InChI=1S/C15H23N/c1-2-6-14(7-3-1)10-5-12-16-13-11-15-8-4-9-15/h1-3,6-7,15-16H,4-5,8-13H2. The monoisotopic (exact) mass is 217 g/mol. The minimum absolute atomic E-state index is 1.04. The van der Waals surface area contributed by atoms with Crippen molar-refractivity contribution in [3.8, 4) is 0 Å². The van der Waals surface area contributed by atoms with E-state index in [1.54, 1.807) is 0 Å². The molecule has 1 aliphatic carbocycles. The van der Waals surface area contributed by atoms with E-state index in [2.05, 4.69) is 35.6 Å². The molecule has 88 valence electrons. The van der Waals surface area contributed by atoms with Gasteiger partial charge in [0.25, 0.3) is 0 Å². The van der Waals surface area contributed by atoms with Crippen molar-refractivity contribution in [3.63, 3.8) is 0 Å². The van der Waals surface area contributed by atoms with Crippen molar-refractivity contribution in [2.45, 2.75) is 38.5 Å². The summed E-state index contributed by atoms with van der Waals surface area (Å²) < 4.78 is 0. The maximum atomic E-state index is 3.55. The quantitative estimate of drug-likeness (QED) is 0.690. The molecule has 1 aliphatic rings. The van der Waals surface area contributed by atoms with Gasteiger partial charge in [-0.1, -0.05) is 49.6 Å². The summed E-state index contributed by atoms with van der Waals surface area (Å²) in [6.45, 7) is 2.39. The summed E-state index contributed by atoms with van der Waals surface area (Å²) in [6, 6.07) is 10.8. The summed E-state index contributed by atoms with van der Waals surface area (Å²) in [6.07, 6.45) is 8.29. The third-order valence-electron chi connectivity index (χ3n) is 3.62. The van der Waals surface area contributed by atoms with E-state index in [-0.39, 0.29) is 0 Å². The summed E-state index contributed by atoms with van der Waals surface area (Å²) >= 11 is 0. The molecule has 0 aliphatic heterocycles. The molecule has 1 fully saturated rings. The molecule has 2 rings (SSSR count). The first-order chi connectivity index (χ1) is 7.95. The van der Waals surface area contributed by atoms with Crippen LogP contribution in [-0.4, -0.2) is 13.1 Å². The molecule has 0 unspecified atom stereocenters. The molecule has 1 nitrogen and oxygen atoms in total. The minimum Gasteiger partial charge on any atom is -0.317 e. The van der Waals surface area contributed by atoms with E-state index < -0.39 is 0 Å². The fourth-order valence-electron chi connectivity index (χ4n) is 2.27. The molecular formula is C15H23N. The molecular weight excluding hydrogens is 194 g/mol. The lowest BCUT2D eigenvalue weighted by Gasteiger charge is -2.25. The molecule has 0 saturated heterocycles. The summed E-state index contributed by atoms with van der Waals surface area (Å²) in [5.74, 6) is 1.04. The van der Waals surface area contributed by atoms with E-state index in [1.165, 1.54) is 57.2 Å². The van der Waals surface area contributed by atoms with Gasteiger partial charge in [-0.25, -0.2) is 0 Å². The first-order valence-corrected chi connectivity index (χ1v) is 6.70. The van der Waals surface area contributed by atoms with E-state index in [1.807, 2.05) is 0 Å². The first-order valence-electron chi connectivity index (χ1n) is 6.70. The van der Waals surface area contributed by atoms with E-state index in [0.717, 1.165) is 5.92 Å². The topological polar surface area (TPSA) is 12.0 Å². The lowest BCUT2D eigenvalue weighted by atomic mass is 9.83. The van der Waals surface area contributed by atoms with Crippen molar-refractivity contribution in [1.29, 1.82) is 0 Å². The van der Waals surface area contributed by atoms with Crippen LogP contribution in [0, 0.1) is 5.92 Å². The van der Waals surface area contributed by atoms with Gasteiger partial charge in [-0.15, -0.1) is 0 Å². The second-order valence-electron chi connectivity index (χ2n) is 4.92. The number of rotatable bonds is 7. The maximum absolute atomic E-state index is 3.55. The lowest BCUT2D eigenvalue weighted by Crippen LogP contribution is -2.22. The van der Waals surface area contributed by atoms with Crippen molar-refractivity contribution in [1.82, 2.24) is 5.32 Å². The minimum atomic E-state index is 1.04. The summed E-state index contributed by atoms with van der Waals surface area (Å²) in [7, 11) is 0. The molecule has 0 amide bonds. The molecule has 1 saturated carbocycles. The predicted octanol–water partition coefficient (Wildman–Crippen LogP) is 3.40. The molecule has 1 aromatic carbocycles.